The second-order valence-corrected chi connectivity index (χ2v) is 24.9. The molecule has 68 heavy (non-hydrogen) atoms. The van der Waals surface area contributed by atoms with Crippen LogP contribution in [0.3, 0.4) is 0 Å². The zero-order chi connectivity index (χ0) is 49.7. The van der Waals surface area contributed by atoms with Crippen LogP contribution >= 0.6 is 0 Å². The molecule has 0 saturated heterocycles. The van der Waals surface area contributed by atoms with Crippen LogP contribution in [-0.2, 0) is 25.5 Å². The van der Waals surface area contributed by atoms with Crippen LogP contribution in [0.5, 0.6) is 0 Å². The standard InChI is InChI=1S/C37H32N3O.C24H28NSi.Ir/c1-22(2)30-18-26(25-12-7-6-8-13-25)19-31(23(3)4)35(30)40-32-21-38-20-24(5)34(32)39-37(40)29-16-11-15-28-27-14-9-10-17-33(27)41-36(28)29;1-18-12-14-19(15-13-18)22-16-21(23(17-25-22)26(4,5)6)24(2,3)20-10-8-7-9-11-20;/h6-15,17-23H,1-5H3;7-14,16-17H,1-6H3;/q2*-1;/i;1D3;. The van der Waals surface area contributed by atoms with Crippen molar-refractivity contribution >= 4 is 46.2 Å². The number of benzene rings is 6. The van der Waals surface area contributed by atoms with Crippen LogP contribution in [0.2, 0.25) is 19.6 Å². The van der Waals surface area contributed by atoms with Gasteiger partial charge in [-0.05, 0) is 86.8 Å². The first kappa shape index (κ1) is 44.3. The number of imidazole rings is 1. The third-order valence-corrected chi connectivity index (χ3v) is 15.0. The Hall–Kier alpha value is -6.24. The quantitative estimate of drug-likeness (QED) is 0.107. The van der Waals surface area contributed by atoms with Gasteiger partial charge in [-0.1, -0.05) is 164 Å². The van der Waals surface area contributed by atoms with Crippen molar-refractivity contribution in [3.05, 3.63) is 198 Å². The molecule has 0 unspecified atom stereocenters. The number of aromatic nitrogens is 4. The van der Waals surface area contributed by atoms with Gasteiger partial charge in [0, 0.05) is 53.1 Å². The van der Waals surface area contributed by atoms with Gasteiger partial charge in [-0.3, -0.25) is 9.97 Å². The van der Waals surface area contributed by atoms with Crippen molar-refractivity contribution in [3.8, 4) is 39.5 Å². The zero-order valence-corrected chi connectivity index (χ0v) is 44.0. The van der Waals surface area contributed by atoms with Crippen LogP contribution in [-0.4, -0.2) is 27.6 Å². The van der Waals surface area contributed by atoms with Crippen molar-refractivity contribution < 1.29 is 28.6 Å². The van der Waals surface area contributed by atoms with Crippen molar-refractivity contribution in [1.29, 1.82) is 0 Å². The summed E-state index contributed by atoms with van der Waals surface area (Å²) >= 11 is 0. The first-order valence-electron chi connectivity index (χ1n) is 24.8. The van der Waals surface area contributed by atoms with Crippen molar-refractivity contribution in [2.45, 2.75) is 92.2 Å². The molecule has 10 rings (SSSR count). The van der Waals surface area contributed by atoms with E-state index in [0.29, 0.717) is 5.56 Å². The third kappa shape index (κ3) is 9.20. The molecule has 6 aromatic carbocycles. The molecule has 345 valence electrons. The van der Waals surface area contributed by atoms with Gasteiger partial charge in [-0.2, -0.15) is 0 Å². The number of hydrogen-bond donors (Lipinski definition) is 0. The van der Waals surface area contributed by atoms with Gasteiger partial charge in [-0.25, -0.2) is 0 Å². The van der Waals surface area contributed by atoms with Gasteiger partial charge >= 0.3 is 0 Å². The minimum Gasteiger partial charge on any atom is -0.501 e. The summed E-state index contributed by atoms with van der Waals surface area (Å²) in [6.07, 6.45) is 5.85. The van der Waals surface area contributed by atoms with Crippen molar-refractivity contribution in [3.63, 3.8) is 0 Å². The molecule has 0 fully saturated rings. The zero-order valence-electron chi connectivity index (χ0n) is 43.6. The summed E-state index contributed by atoms with van der Waals surface area (Å²) < 4.78 is 31.5. The molecule has 0 bridgehead atoms. The molecule has 4 aromatic heterocycles. The molecule has 1 radical (unpaired) electrons. The van der Waals surface area contributed by atoms with Gasteiger partial charge in [0.25, 0.3) is 0 Å². The maximum atomic E-state index is 7.56. The maximum Gasteiger partial charge on any atom is 0.120 e. The fraction of sp³-hybridized carbons (Fsp3) is 0.230. The van der Waals surface area contributed by atoms with Crippen molar-refractivity contribution in [2.75, 3.05) is 0 Å². The number of aryl methyl sites for hydroxylation is 2. The molecule has 0 aliphatic heterocycles. The molecule has 0 spiro atoms. The first-order valence-corrected chi connectivity index (χ1v) is 26.8. The summed E-state index contributed by atoms with van der Waals surface area (Å²) in [6.45, 7) is 20.6. The Kier molecular flexibility index (Phi) is 12.6. The van der Waals surface area contributed by atoms with E-state index in [1.807, 2.05) is 42.9 Å². The van der Waals surface area contributed by atoms with E-state index in [4.69, 9.17) is 18.5 Å². The summed E-state index contributed by atoms with van der Waals surface area (Å²) in [6, 6.07) is 52.0. The number of hydrogen-bond acceptors (Lipinski definition) is 4. The van der Waals surface area contributed by atoms with Gasteiger partial charge in [0.2, 0.25) is 0 Å². The molecular weight excluding hydrogens is 1030 g/mol. The molecule has 4 heterocycles. The largest absolute Gasteiger partial charge is 0.501 e. The van der Waals surface area contributed by atoms with Gasteiger partial charge in [0.1, 0.15) is 5.58 Å². The number of nitrogens with zero attached hydrogens (tertiary/aromatic N) is 4. The predicted octanol–water partition coefficient (Wildman–Crippen LogP) is 15.7. The molecule has 0 aliphatic carbocycles. The Balaban J connectivity index is 0.000000200. The second kappa shape index (κ2) is 19.4. The van der Waals surface area contributed by atoms with E-state index in [1.54, 1.807) is 18.2 Å². The van der Waals surface area contributed by atoms with E-state index in [9.17, 15) is 0 Å². The summed E-state index contributed by atoms with van der Waals surface area (Å²) in [7, 11) is -1.63. The predicted molar refractivity (Wildman–Crippen MR) is 284 cm³/mol. The molecule has 0 atom stereocenters. The van der Waals surface area contributed by atoms with Crippen LogP contribution in [0.4, 0.5) is 0 Å². The molecule has 0 N–H and O–H groups in total. The average Bonchev–Trinajstić information content (AvgIpc) is 3.93. The van der Waals surface area contributed by atoms with Gasteiger partial charge in [0.15, 0.2) is 0 Å². The van der Waals surface area contributed by atoms with Crippen molar-refractivity contribution in [1.82, 2.24) is 19.5 Å². The molecular formula is C61H60IrN4OSi-2. The van der Waals surface area contributed by atoms with Gasteiger partial charge in [0.05, 0.1) is 36.7 Å². The summed E-state index contributed by atoms with van der Waals surface area (Å²) in [5.74, 6) is 1.37. The Morgan fingerprint density at radius 1 is 0.735 bits per heavy atom. The minimum atomic E-state index is -2.12. The van der Waals surface area contributed by atoms with Crippen LogP contribution < -0.4 is 5.19 Å². The molecule has 7 heteroatoms. The molecule has 10 aromatic rings. The smallest absolute Gasteiger partial charge is 0.120 e. The van der Waals surface area contributed by atoms with E-state index in [2.05, 4.69) is 181 Å². The van der Waals surface area contributed by atoms with Crippen LogP contribution in [0.1, 0.15) is 90.9 Å². The third-order valence-electron chi connectivity index (χ3n) is 13.0. The fourth-order valence-corrected chi connectivity index (χ4v) is 10.9. The van der Waals surface area contributed by atoms with E-state index in [-0.39, 0.29) is 37.4 Å². The normalized spacial score (nSPS) is 12.7. The fourth-order valence-electron chi connectivity index (χ4n) is 9.30. The van der Waals surface area contributed by atoms with Crippen LogP contribution in [0.25, 0.3) is 72.4 Å². The monoisotopic (exact) mass is 1090 g/mol. The van der Waals surface area contributed by atoms with Crippen molar-refractivity contribution in [2.24, 2.45) is 0 Å². The molecule has 0 aliphatic rings. The number of furan rings is 1. The second-order valence-electron chi connectivity index (χ2n) is 19.8. The molecule has 5 nitrogen and oxygen atoms in total. The molecule has 0 saturated carbocycles. The number of rotatable bonds is 9. The number of para-hydroxylation sites is 1. The Morgan fingerprint density at radius 3 is 2.06 bits per heavy atom. The summed E-state index contributed by atoms with van der Waals surface area (Å²) in [5.41, 5.74) is 15.9. The topological polar surface area (TPSA) is 56.7 Å². The van der Waals surface area contributed by atoms with E-state index >= 15 is 0 Å². The van der Waals surface area contributed by atoms with E-state index in [1.165, 1.54) is 44.3 Å². The first-order chi connectivity index (χ1) is 33.3. The SMILES string of the molecule is Cc1cncc2c1nc(-c1[c-]ccc3c1oc1ccccc13)n2-c1c(C(C)C)cc(-c2ccccc2)cc1C(C)C.[2H]C([2H])([2H])c1c[c-]c(-c2cc(C(C)(C)c3ccccc3)c([Si](C)(C)C)cn2)cc1.[Ir]. The number of pyridine rings is 2. The van der Waals surface area contributed by atoms with E-state index < -0.39 is 14.9 Å². The van der Waals surface area contributed by atoms with E-state index in [0.717, 1.165) is 61.2 Å². The number of fused-ring (bicyclic) bond motifs is 4. The van der Waals surface area contributed by atoms with Gasteiger partial charge < -0.3 is 14.0 Å². The summed E-state index contributed by atoms with van der Waals surface area (Å²) in [5, 5.41) is 3.50. The summed E-state index contributed by atoms with van der Waals surface area (Å²) in [4.78, 5) is 14.7. The minimum absolute atomic E-state index is 0. The maximum absolute atomic E-state index is 7.56. The Bertz CT molecular complexity index is 3470. The Labute approximate surface area is 421 Å². The average molecular weight is 1090 g/mol. The van der Waals surface area contributed by atoms with Gasteiger partial charge in [-0.15, -0.1) is 53.6 Å². The Morgan fingerprint density at radius 2 is 1.41 bits per heavy atom. The molecule has 0 amide bonds. The van der Waals surface area contributed by atoms with Crippen LogP contribution in [0, 0.1) is 25.9 Å². The van der Waals surface area contributed by atoms with Crippen LogP contribution in [0.15, 0.2) is 156 Å².